The first kappa shape index (κ1) is 13.4. The number of anilines is 1. The first-order valence-corrected chi connectivity index (χ1v) is 5.63. The van der Waals surface area contributed by atoms with Crippen molar-refractivity contribution in [3.8, 4) is 6.07 Å². The third-order valence-corrected chi connectivity index (χ3v) is 2.60. The van der Waals surface area contributed by atoms with Crippen LogP contribution in [0, 0.1) is 27.3 Å². The van der Waals surface area contributed by atoms with Crippen LogP contribution in [0.15, 0.2) is 36.5 Å². The lowest BCUT2D eigenvalue weighted by atomic mass is 10.1. The Morgan fingerprint density at radius 2 is 2.20 bits per heavy atom. The van der Waals surface area contributed by atoms with Gasteiger partial charge in [0.05, 0.1) is 22.6 Å². The summed E-state index contributed by atoms with van der Waals surface area (Å²) in [5, 5.41) is 22.0. The van der Waals surface area contributed by atoms with Crippen LogP contribution in [0.4, 0.5) is 15.9 Å². The van der Waals surface area contributed by atoms with Crippen LogP contribution in [-0.4, -0.2) is 9.91 Å². The van der Waals surface area contributed by atoms with E-state index < -0.39 is 10.7 Å². The summed E-state index contributed by atoms with van der Waals surface area (Å²) in [4.78, 5) is 14.0. The zero-order valence-corrected chi connectivity index (χ0v) is 10.2. The second-order valence-electron chi connectivity index (χ2n) is 3.93. The Morgan fingerprint density at radius 1 is 1.40 bits per heavy atom. The summed E-state index contributed by atoms with van der Waals surface area (Å²) in [6.45, 7) is 0.117. The van der Waals surface area contributed by atoms with Crippen molar-refractivity contribution in [1.29, 1.82) is 5.26 Å². The van der Waals surface area contributed by atoms with E-state index in [1.807, 2.05) is 6.07 Å². The predicted octanol–water partition coefficient (Wildman–Crippen LogP) is 2.61. The molecule has 100 valence electrons. The van der Waals surface area contributed by atoms with Crippen molar-refractivity contribution < 1.29 is 9.31 Å². The van der Waals surface area contributed by atoms with Crippen molar-refractivity contribution in [1.82, 2.24) is 4.98 Å². The highest BCUT2D eigenvalue weighted by molar-refractivity contribution is 5.45. The smallest absolute Gasteiger partial charge is 0.274 e. The van der Waals surface area contributed by atoms with E-state index in [9.17, 15) is 14.5 Å². The number of nitrogens with zero attached hydrogens (tertiary/aromatic N) is 3. The number of hydrogen-bond donors (Lipinski definition) is 1. The Hall–Kier alpha value is -3.01. The van der Waals surface area contributed by atoms with Gasteiger partial charge in [0.2, 0.25) is 0 Å². The van der Waals surface area contributed by atoms with Gasteiger partial charge in [0, 0.05) is 24.4 Å². The van der Waals surface area contributed by atoms with E-state index in [1.54, 1.807) is 0 Å². The fourth-order valence-corrected chi connectivity index (χ4v) is 1.58. The fourth-order valence-electron chi connectivity index (χ4n) is 1.58. The molecule has 0 unspecified atom stereocenters. The van der Waals surface area contributed by atoms with Crippen LogP contribution in [0.25, 0.3) is 0 Å². The summed E-state index contributed by atoms with van der Waals surface area (Å²) in [6, 6.07) is 8.50. The molecular weight excluding hydrogens is 263 g/mol. The van der Waals surface area contributed by atoms with Gasteiger partial charge < -0.3 is 5.32 Å². The molecular formula is C13H9FN4O2. The summed E-state index contributed by atoms with van der Waals surface area (Å²) in [6.07, 6.45) is 1.30. The summed E-state index contributed by atoms with van der Waals surface area (Å²) in [5.41, 5.74) is 0.486. The standard InChI is InChI=1S/C13H9FN4O2/c14-12-5-9(7-15)1-2-10(12)8-17-13-6-11(18(19)20)3-4-16-13/h1-6H,8H2,(H,16,17). The highest BCUT2D eigenvalue weighted by Gasteiger charge is 2.08. The Morgan fingerprint density at radius 3 is 2.85 bits per heavy atom. The van der Waals surface area contributed by atoms with E-state index in [1.165, 1.54) is 30.5 Å². The maximum atomic E-state index is 13.6. The maximum Gasteiger partial charge on any atom is 0.274 e. The third kappa shape index (κ3) is 3.05. The number of rotatable bonds is 4. The van der Waals surface area contributed by atoms with Gasteiger partial charge in [0.1, 0.15) is 11.6 Å². The zero-order chi connectivity index (χ0) is 14.5. The van der Waals surface area contributed by atoms with Crippen molar-refractivity contribution >= 4 is 11.5 Å². The number of benzene rings is 1. The third-order valence-electron chi connectivity index (χ3n) is 2.60. The van der Waals surface area contributed by atoms with Gasteiger partial charge in [0.25, 0.3) is 5.69 Å². The van der Waals surface area contributed by atoms with Crippen molar-refractivity contribution in [3.05, 3.63) is 63.6 Å². The molecule has 0 atom stereocenters. The average molecular weight is 272 g/mol. The van der Waals surface area contributed by atoms with E-state index in [4.69, 9.17) is 5.26 Å². The second-order valence-corrected chi connectivity index (χ2v) is 3.93. The lowest BCUT2D eigenvalue weighted by molar-refractivity contribution is -0.384. The SMILES string of the molecule is N#Cc1ccc(CNc2cc([N+](=O)[O-])ccn2)c(F)c1. The Bertz CT molecular complexity index is 697. The molecule has 1 N–H and O–H groups in total. The number of pyridine rings is 1. The number of halogens is 1. The monoisotopic (exact) mass is 272 g/mol. The van der Waals surface area contributed by atoms with Crippen LogP contribution in [-0.2, 0) is 6.54 Å². The van der Waals surface area contributed by atoms with E-state index in [0.29, 0.717) is 5.56 Å². The van der Waals surface area contributed by atoms with Crippen LogP contribution < -0.4 is 5.32 Å². The van der Waals surface area contributed by atoms with Gasteiger partial charge in [0.15, 0.2) is 0 Å². The van der Waals surface area contributed by atoms with Gasteiger partial charge in [-0.2, -0.15) is 5.26 Å². The molecule has 0 bridgehead atoms. The van der Waals surface area contributed by atoms with E-state index >= 15 is 0 Å². The van der Waals surface area contributed by atoms with Crippen molar-refractivity contribution in [3.63, 3.8) is 0 Å². The van der Waals surface area contributed by atoms with Crippen LogP contribution in [0.5, 0.6) is 0 Å². The molecule has 20 heavy (non-hydrogen) atoms. The molecule has 6 nitrogen and oxygen atoms in total. The van der Waals surface area contributed by atoms with Crippen LogP contribution in [0.3, 0.4) is 0 Å². The van der Waals surface area contributed by atoms with Crippen molar-refractivity contribution in [2.75, 3.05) is 5.32 Å². The molecule has 7 heteroatoms. The summed E-state index contributed by atoms with van der Waals surface area (Å²) in [7, 11) is 0. The lowest BCUT2D eigenvalue weighted by Gasteiger charge is -2.06. The molecule has 0 spiro atoms. The minimum absolute atomic E-state index is 0.0946. The number of nitrogens with one attached hydrogen (secondary N) is 1. The summed E-state index contributed by atoms with van der Waals surface area (Å²) in [5.74, 6) is -0.232. The lowest BCUT2D eigenvalue weighted by Crippen LogP contribution is -2.04. The predicted molar refractivity (Wildman–Crippen MR) is 69.3 cm³/mol. The quantitative estimate of drug-likeness (QED) is 0.682. The molecule has 1 aromatic carbocycles. The van der Waals surface area contributed by atoms with Crippen LogP contribution in [0.1, 0.15) is 11.1 Å². The first-order chi connectivity index (χ1) is 9.60. The normalized spacial score (nSPS) is 9.80. The minimum atomic E-state index is -0.533. The molecule has 0 radical (unpaired) electrons. The largest absolute Gasteiger partial charge is 0.366 e. The molecule has 2 rings (SSSR count). The molecule has 1 heterocycles. The maximum absolute atomic E-state index is 13.6. The van der Waals surface area contributed by atoms with Crippen LogP contribution in [0.2, 0.25) is 0 Å². The zero-order valence-electron chi connectivity index (χ0n) is 10.2. The van der Waals surface area contributed by atoms with Crippen molar-refractivity contribution in [2.24, 2.45) is 0 Å². The van der Waals surface area contributed by atoms with Gasteiger partial charge in [-0.1, -0.05) is 6.07 Å². The van der Waals surface area contributed by atoms with Crippen LogP contribution >= 0.6 is 0 Å². The molecule has 1 aromatic heterocycles. The molecule has 0 aliphatic rings. The minimum Gasteiger partial charge on any atom is -0.366 e. The Balaban J connectivity index is 2.11. The van der Waals surface area contributed by atoms with Gasteiger partial charge in [-0.15, -0.1) is 0 Å². The molecule has 0 amide bonds. The molecule has 2 aromatic rings. The topological polar surface area (TPSA) is 91.8 Å². The molecule has 0 saturated carbocycles. The number of aromatic nitrogens is 1. The molecule has 0 aliphatic heterocycles. The van der Waals surface area contributed by atoms with E-state index in [0.717, 1.165) is 6.07 Å². The van der Waals surface area contributed by atoms with E-state index in [2.05, 4.69) is 10.3 Å². The Kier molecular flexibility index (Phi) is 3.86. The van der Waals surface area contributed by atoms with Gasteiger partial charge in [-0.05, 0) is 12.1 Å². The van der Waals surface area contributed by atoms with Gasteiger partial charge in [-0.25, -0.2) is 9.37 Å². The summed E-state index contributed by atoms with van der Waals surface area (Å²) >= 11 is 0. The Labute approximate surface area is 113 Å². The summed E-state index contributed by atoms with van der Waals surface area (Å²) < 4.78 is 13.6. The first-order valence-electron chi connectivity index (χ1n) is 5.63. The number of hydrogen-bond acceptors (Lipinski definition) is 5. The second kappa shape index (κ2) is 5.75. The molecule has 0 fully saturated rings. The number of nitro groups is 1. The average Bonchev–Trinajstić information content (AvgIpc) is 2.46. The van der Waals surface area contributed by atoms with E-state index in [-0.39, 0.29) is 23.6 Å². The molecule has 0 saturated heterocycles. The number of nitriles is 1. The fraction of sp³-hybridized carbons (Fsp3) is 0.0769. The van der Waals surface area contributed by atoms with Crippen molar-refractivity contribution in [2.45, 2.75) is 6.54 Å². The van der Waals surface area contributed by atoms with Gasteiger partial charge >= 0.3 is 0 Å². The van der Waals surface area contributed by atoms with Gasteiger partial charge in [-0.3, -0.25) is 10.1 Å². The molecule has 0 aliphatic carbocycles. The highest BCUT2D eigenvalue weighted by atomic mass is 19.1. The highest BCUT2D eigenvalue weighted by Crippen LogP contribution is 2.16.